The Morgan fingerprint density at radius 1 is 1.14 bits per heavy atom. The third kappa shape index (κ3) is 3.47. The molecule has 0 atom stereocenters. The maximum absolute atomic E-state index is 12.8. The molecular formula is C22H16IN5O. The molecular weight excluding hydrogens is 477 g/mol. The number of halogens is 1. The van der Waals surface area contributed by atoms with Crippen LogP contribution in [0.5, 0.6) is 0 Å². The zero-order chi connectivity index (χ0) is 20.5. The van der Waals surface area contributed by atoms with E-state index in [4.69, 9.17) is 4.98 Å². The number of carbonyl (C=O) groups excluding carboxylic acids is 1. The number of nitriles is 1. The summed E-state index contributed by atoms with van der Waals surface area (Å²) in [6.07, 6.45) is 1.44. The fourth-order valence-corrected chi connectivity index (χ4v) is 3.83. The van der Waals surface area contributed by atoms with Crippen molar-refractivity contribution in [3.05, 3.63) is 80.6 Å². The second kappa shape index (κ2) is 7.64. The molecule has 0 saturated carbocycles. The first-order chi connectivity index (χ1) is 14.0. The number of nitrogens with zero attached hydrogens (tertiary/aromatic N) is 4. The van der Waals surface area contributed by atoms with Crippen LogP contribution in [-0.2, 0) is 0 Å². The van der Waals surface area contributed by atoms with Gasteiger partial charge in [-0.25, -0.2) is 4.98 Å². The number of nitrogens with one attached hydrogen (secondary N) is 1. The Balaban J connectivity index is 1.83. The van der Waals surface area contributed by atoms with Crippen LogP contribution in [0.25, 0.3) is 16.7 Å². The van der Waals surface area contributed by atoms with Crippen LogP contribution in [0, 0.1) is 28.7 Å². The first-order valence-corrected chi connectivity index (χ1v) is 9.99. The Morgan fingerprint density at radius 3 is 2.69 bits per heavy atom. The lowest BCUT2D eigenvalue weighted by molar-refractivity contribution is 0.102. The van der Waals surface area contributed by atoms with Crippen LogP contribution in [0.3, 0.4) is 0 Å². The lowest BCUT2D eigenvalue weighted by atomic mass is 10.1. The molecule has 1 N–H and O–H groups in total. The van der Waals surface area contributed by atoms with E-state index in [-0.39, 0.29) is 11.5 Å². The van der Waals surface area contributed by atoms with E-state index in [9.17, 15) is 10.1 Å². The minimum absolute atomic E-state index is 0.272. The largest absolute Gasteiger partial charge is 0.305 e. The van der Waals surface area contributed by atoms with Crippen molar-refractivity contribution >= 4 is 45.2 Å². The summed E-state index contributed by atoms with van der Waals surface area (Å²) in [6, 6.07) is 17.3. The average molecular weight is 493 g/mol. The quantitative estimate of drug-likeness (QED) is 0.417. The predicted octanol–water partition coefficient (Wildman–Crippen LogP) is 4.77. The molecule has 1 amide bonds. The molecule has 4 aromatic rings. The number of fused-ring (bicyclic) bond motifs is 1. The Kier molecular flexibility index (Phi) is 5.03. The molecule has 2 aromatic carbocycles. The van der Waals surface area contributed by atoms with Crippen molar-refractivity contribution in [2.24, 2.45) is 0 Å². The molecule has 4 rings (SSSR count). The first kappa shape index (κ1) is 19.1. The minimum atomic E-state index is -0.304. The highest BCUT2D eigenvalue weighted by Crippen LogP contribution is 2.26. The van der Waals surface area contributed by atoms with Crippen LogP contribution in [-0.4, -0.2) is 20.7 Å². The van der Waals surface area contributed by atoms with Gasteiger partial charge in [-0.2, -0.15) is 15.0 Å². The van der Waals surface area contributed by atoms with Crippen molar-refractivity contribution in [3.8, 4) is 11.9 Å². The molecule has 7 heteroatoms. The third-order valence-corrected chi connectivity index (χ3v) is 5.63. The summed E-state index contributed by atoms with van der Waals surface area (Å²) >= 11 is 2.11. The van der Waals surface area contributed by atoms with Crippen molar-refractivity contribution in [1.82, 2.24) is 14.8 Å². The standard InChI is InChI=1S/C22H16IN5O/c1-13-6-5-8-16-14(2)10-19(26-20(13)16)28-21(15(11-24)12-25-28)27-22(29)17-7-3-4-9-18(17)23/h3-10,12H,1-2H3,(H,27,29). The van der Waals surface area contributed by atoms with Gasteiger partial charge in [0.2, 0.25) is 0 Å². The number of carbonyl (C=O) groups is 1. The van der Waals surface area contributed by atoms with Gasteiger partial charge < -0.3 is 5.32 Å². The SMILES string of the molecule is Cc1cc(-n2ncc(C#N)c2NC(=O)c2ccccc2I)nc2c(C)cccc12. The zero-order valence-electron chi connectivity index (χ0n) is 15.8. The first-order valence-electron chi connectivity index (χ1n) is 8.91. The van der Waals surface area contributed by atoms with Gasteiger partial charge in [-0.05, 0) is 65.8 Å². The molecule has 0 radical (unpaired) electrons. The smallest absolute Gasteiger partial charge is 0.257 e. The number of para-hydroxylation sites is 1. The van der Waals surface area contributed by atoms with Crippen molar-refractivity contribution in [3.63, 3.8) is 0 Å². The number of hydrogen-bond donors (Lipinski definition) is 1. The molecule has 0 saturated heterocycles. The van der Waals surface area contributed by atoms with Crippen molar-refractivity contribution < 1.29 is 4.79 Å². The molecule has 2 heterocycles. The van der Waals surface area contributed by atoms with Crippen LogP contribution >= 0.6 is 22.6 Å². The minimum Gasteiger partial charge on any atom is -0.305 e. The average Bonchev–Trinajstić information content (AvgIpc) is 3.11. The zero-order valence-corrected chi connectivity index (χ0v) is 17.9. The summed E-state index contributed by atoms with van der Waals surface area (Å²) in [5.41, 5.74) is 3.75. The molecule has 0 aliphatic heterocycles. The van der Waals surface area contributed by atoms with E-state index in [1.54, 1.807) is 12.1 Å². The number of aromatic nitrogens is 3. The van der Waals surface area contributed by atoms with Crippen LogP contribution < -0.4 is 5.32 Å². The summed E-state index contributed by atoms with van der Waals surface area (Å²) in [4.78, 5) is 17.6. The Hall–Kier alpha value is -3.25. The summed E-state index contributed by atoms with van der Waals surface area (Å²) in [6.45, 7) is 4.01. The van der Waals surface area contributed by atoms with Crippen LogP contribution in [0.4, 0.5) is 5.82 Å². The molecule has 0 unspecified atom stereocenters. The number of amides is 1. The fraction of sp³-hybridized carbons (Fsp3) is 0.0909. The highest BCUT2D eigenvalue weighted by molar-refractivity contribution is 14.1. The van der Waals surface area contributed by atoms with Crippen molar-refractivity contribution in [2.45, 2.75) is 13.8 Å². The maximum atomic E-state index is 12.8. The maximum Gasteiger partial charge on any atom is 0.257 e. The highest BCUT2D eigenvalue weighted by Gasteiger charge is 2.19. The number of aryl methyl sites for hydroxylation is 2. The Morgan fingerprint density at radius 2 is 1.93 bits per heavy atom. The summed E-state index contributed by atoms with van der Waals surface area (Å²) in [5.74, 6) is 0.544. The van der Waals surface area contributed by atoms with Crippen LogP contribution in [0.1, 0.15) is 27.0 Å². The molecule has 2 aromatic heterocycles. The van der Waals surface area contributed by atoms with Gasteiger partial charge in [-0.3, -0.25) is 4.79 Å². The predicted molar refractivity (Wildman–Crippen MR) is 120 cm³/mol. The third-order valence-electron chi connectivity index (χ3n) is 4.69. The number of rotatable bonds is 3. The van der Waals surface area contributed by atoms with E-state index >= 15 is 0 Å². The Labute approximate surface area is 181 Å². The molecule has 142 valence electrons. The van der Waals surface area contributed by atoms with Gasteiger partial charge in [0.1, 0.15) is 11.6 Å². The van der Waals surface area contributed by atoms with E-state index in [0.717, 1.165) is 25.6 Å². The molecule has 0 spiro atoms. The lowest BCUT2D eigenvalue weighted by Crippen LogP contribution is -2.17. The second-order valence-corrected chi connectivity index (χ2v) is 7.80. The Bertz CT molecular complexity index is 1300. The lowest BCUT2D eigenvalue weighted by Gasteiger charge is -2.12. The van der Waals surface area contributed by atoms with Gasteiger partial charge in [0.25, 0.3) is 5.91 Å². The number of pyridine rings is 1. The van der Waals surface area contributed by atoms with Crippen LogP contribution in [0.15, 0.2) is 54.7 Å². The van der Waals surface area contributed by atoms with Gasteiger partial charge >= 0.3 is 0 Å². The number of anilines is 1. The van der Waals surface area contributed by atoms with Crippen molar-refractivity contribution in [2.75, 3.05) is 5.32 Å². The molecule has 0 aliphatic carbocycles. The van der Waals surface area contributed by atoms with Gasteiger partial charge in [0.15, 0.2) is 11.6 Å². The monoisotopic (exact) mass is 493 g/mol. The molecule has 0 bridgehead atoms. The van der Waals surface area contributed by atoms with Gasteiger partial charge in [0, 0.05) is 8.96 Å². The van der Waals surface area contributed by atoms with E-state index in [0.29, 0.717) is 17.2 Å². The summed E-state index contributed by atoms with van der Waals surface area (Å²) in [7, 11) is 0. The van der Waals surface area contributed by atoms with E-state index in [1.807, 2.05) is 50.2 Å². The van der Waals surface area contributed by atoms with Gasteiger partial charge in [-0.1, -0.05) is 30.3 Å². The molecule has 0 aliphatic rings. The molecule has 6 nitrogen and oxygen atoms in total. The second-order valence-electron chi connectivity index (χ2n) is 6.63. The van der Waals surface area contributed by atoms with Gasteiger partial charge in [0.05, 0.1) is 17.3 Å². The summed E-state index contributed by atoms with van der Waals surface area (Å²) < 4.78 is 2.33. The van der Waals surface area contributed by atoms with E-state index < -0.39 is 0 Å². The topological polar surface area (TPSA) is 83.6 Å². The number of hydrogen-bond acceptors (Lipinski definition) is 4. The molecule has 0 fully saturated rings. The van der Waals surface area contributed by atoms with Crippen molar-refractivity contribution in [1.29, 1.82) is 5.26 Å². The molecule has 29 heavy (non-hydrogen) atoms. The van der Waals surface area contributed by atoms with Gasteiger partial charge in [-0.15, -0.1) is 0 Å². The highest BCUT2D eigenvalue weighted by atomic mass is 127. The van der Waals surface area contributed by atoms with E-state index in [2.05, 4.69) is 39.1 Å². The summed E-state index contributed by atoms with van der Waals surface area (Å²) in [5, 5.41) is 17.7. The van der Waals surface area contributed by atoms with Crippen LogP contribution in [0.2, 0.25) is 0 Å². The number of benzene rings is 2. The normalized spacial score (nSPS) is 10.7. The fourth-order valence-electron chi connectivity index (χ4n) is 3.20. The van der Waals surface area contributed by atoms with E-state index in [1.165, 1.54) is 10.9 Å².